The maximum absolute atomic E-state index is 5.87. The van der Waals surface area contributed by atoms with Gasteiger partial charge in [0, 0.05) is 24.7 Å². The number of ether oxygens (including phenoxy) is 1. The molecule has 0 spiro atoms. The molecule has 0 N–H and O–H groups in total. The Morgan fingerprint density at radius 3 is 2.88 bits per heavy atom. The minimum absolute atomic E-state index is 0.248. The van der Waals surface area contributed by atoms with E-state index in [-0.39, 0.29) is 6.04 Å². The molecule has 3 heterocycles. The number of hydrogen-bond acceptors (Lipinski definition) is 6. The smallest absolute Gasteiger partial charge is 0.172 e. The SMILES string of the molecule is CC(C)n1nc(Cn2cncn2)nc1CN1CCOc2ccccc2C1. The van der Waals surface area contributed by atoms with Gasteiger partial charge in [0.05, 0.1) is 6.54 Å². The molecular weight excluding hydrogens is 330 g/mol. The van der Waals surface area contributed by atoms with E-state index in [2.05, 4.69) is 46.1 Å². The number of hydrogen-bond donors (Lipinski definition) is 0. The summed E-state index contributed by atoms with van der Waals surface area (Å²) < 4.78 is 9.61. The van der Waals surface area contributed by atoms with Crippen molar-refractivity contribution in [3.05, 3.63) is 54.1 Å². The molecule has 0 amide bonds. The van der Waals surface area contributed by atoms with Gasteiger partial charge in [-0.2, -0.15) is 10.2 Å². The van der Waals surface area contributed by atoms with E-state index in [1.54, 1.807) is 11.0 Å². The first-order chi connectivity index (χ1) is 12.7. The Balaban J connectivity index is 1.54. The molecule has 0 atom stereocenters. The van der Waals surface area contributed by atoms with Crippen molar-refractivity contribution in [2.45, 2.75) is 39.5 Å². The normalized spacial score (nSPS) is 14.9. The maximum Gasteiger partial charge on any atom is 0.172 e. The van der Waals surface area contributed by atoms with E-state index < -0.39 is 0 Å². The van der Waals surface area contributed by atoms with Gasteiger partial charge in [0.2, 0.25) is 0 Å². The lowest BCUT2D eigenvalue weighted by molar-refractivity contribution is 0.211. The van der Waals surface area contributed by atoms with Gasteiger partial charge in [0.25, 0.3) is 0 Å². The van der Waals surface area contributed by atoms with Crippen LogP contribution in [0.15, 0.2) is 36.9 Å². The highest BCUT2D eigenvalue weighted by Gasteiger charge is 2.19. The average molecular weight is 353 g/mol. The lowest BCUT2D eigenvalue weighted by Crippen LogP contribution is -2.27. The number of para-hydroxylation sites is 1. The van der Waals surface area contributed by atoms with E-state index in [1.807, 2.05) is 16.8 Å². The van der Waals surface area contributed by atoms with E-state index in [0.29, 0.717) is 13.2 Å². The molecule has 0 fully saturated rings. The van der Waals surface area contributed by atoms with Gasteiger partial charge < -0.3 is 4.74 Å². The van der Waals surface area contributed by atoms with Crippen LogP contribution in [0.5, 0.6) is 5.75 Å². The predicted octanol–water partition coefficient (Wildman–Crippen LogP) is 1.89. The molecule has 0 bridgehead atoms. The van der Waals surface area contributed by atoms with Crippen LogP contribution in [-0.4, -0.2) is 47.6 Å². The highest BCUT2D eigenvalue weighted by Crippen LogP contribution is 2.23. The molecule has 4 rings (SSSR count). The lowest BCUT2D eigenvalue weighted by atomic mass is 10.2. The molecule has 0 saturated heterocycles. The molecule has 2 aromatic heterocycles. The van der Waals surface area contributed by atoms with Crippen LogP contribution < -0.4 is 4.74 Å². The van der Waals surface area contributed by atoms with Gasteiger partial charge in [-0.15, -0.1) is 0 Å². The van der Waals surface area contributed by atoms with Crippen molar-refractivity contribution in [3.63, 3.8) is 0 Å². The van der Waals surface area contributed by atoms with Crippen molar-refractivity contribution in [2.24, 2.45) is 0 Å². The van der Waals surface area contributed by atoms with E-state index in [9.17, 15) is 0 Å². The fraction of sp³-hybridized carbons (Fsp3) is 0.444. The Hall–Kier alpha value is -2.74. The number of rotatable bonds is 5. The molecule has 0 aliphatic carbocycles. The van der Waals surface area contributed by atoms with Crippen molar-refractivity contribution < 1.29 is 4.74 Å². The van der Waals surface area contributed by atoms with Crippen LogP contribution in [0.3, 0.4) is 0 Å². The van der Waals surface area contributed by atoms with Crippen molar-refractivity contribution in [2.75, 3.05) is 13.2 Å². The van der Waals surface area contributed by atoms with Gasteiger partial charge in [-0.1, -0.05) is 18.2 Å². The van der Waals surface area contributed by atoms with Crippen LogP contribution in [0.4, 0.5) is 0 Å². The lowest BCUT2D eigenvalue weighted by Gasteiger charge is -2.19. The summed E-state index contributed by atoms with van der Waals surface area (Å²) in [5.41, 5.74) is 1.21. The first kappa shape index (κ1) is 16.7. The molecule has 3 aromatic rings. The van der Waals surface area contributed by atoms with Crippen molar-refractivity contribution >= 4 is 0 Å². The maximum atomic E-state index is 5.87. The molecule has 0 unspecified atom stereocenters. The van der Waals surface area contributed by atoms with Crippen LogP contribution in [0.25, 0.3) is 0 Å². The Morgan fingerprint density at radius 2 is 2.08 bits per heavy atom. The number of nitrogens with zero attached hydrogens (tertiary/aromatic N) is 7. The van der Waals surface area contributed by atoms with Gasteiger partial charge in [0.15, 0.2) is 5.82 Å². The largest absolute Gasteiger partial charge is 0.492 e. The molecular formula is C18H23N7O. The standard InChI is InChI=1S/C18H23N7O/c1-14(2)25-18(21-17(22-25)10-24-13-19-12-20-24)11-23-7-8-26-16-6-4-3-5-15(16)9-23/h3-6,12-14H,7-11H2,1-2H3. The van der Waals surface area contributed by atoms with Gasteiger partial charge in [-0.05, 0) is 19.9 Å². The number of benzene rings is 1. The molecule has 1 aromatic carbocycles. The zero-order valence-corrected chi connectivity index (χ0v) is 15.1. The Labute approximate surface area is 152 Å². The summed E-state index contributed by atoms with van der Waals surface area (Å²) in [6, 6.07) is 8.47. The third-order valence-corrected chi connectivity index (χ3v) is 4.40. The third-order valence-electron chi connectivity index (χ3n) is 4.40. The van der Waals surface area contributed by atoms with Crippen molar-refractivity contribution in [1.82, 2.24) is 34.4 Å². The van der Waals surface area contributed by atoms with E-state index in [4.69, 9.17) is 9.72 Å². The zero-order valence-electron chi connectivity index (χ0n) is 15.1. The summed E-state index contributed by atoms with van der Waals surface area (Å²) in [4.78, 5) is 11.1. The fourth-order valence-electron chi connectivity index (χ4n) is 3.17. The highest BCUT2D eigenvalue weighted by molar-refractivity contribution is 5.33. The average Bonchev–Trinajstić information content (AvgIpc) is 3.21. The summed E-state index contributed by atoms with van der Waals surface area (Å²) >= 11 is 0. The van der Waals surface area contributed by atoms with Gasteiger partial charge in [0.1, 0.15) is 37.4 Å². The Morgan fingerprint density at radius 1 is 1.19 bits per heavy atom. The summed E-state index contributed by atoms with van der Waals surface area (Å²) in [7, 11) is 0. The van der Waals surface area contributed by atoms with Crippen LogP contribution >= 0.6 is 0 Å². The van der Waals surface area contributed by atoms with Gasteiger partial charge >= 0.3 is 0 Å². The first-order valence-electron chi connectivity index (χ1n) is 8.89. The van der Waals surface area contributed by atoms with E-state index in [0.717, 1.165) is 37.0 Å². The summed E-state index contributed by atoms with van der Waals surface area (Å²) in [5, 5.41) is 8.81. The molecule has 26 heavy (non-hydrogen) atoms. The Kier molecular flexibility index (Phi) is 4.66. The molecule has 0 radical (unpaired) electrons. The van der Waals surface area contributed by atoms with E-state index in [1.165, 1.54) is 11.9 Å². The molecule has 136 valence electrons. The van der Waals surface area contributed by atoms with E-state index >= 15 is 0 Å². The molecule has 0 saturated carbocycles. The number of aromatic nitrogens is 6. The minimum Gasteiger partial charge on any atom is -0.492 e. The quantitative estimate of drug-likeness (QED) is 0.697. The Bertz CT molecular complexity index is 856. The minimum atomic E-state index is 0.248. The molecule has 1 aliphatic rings. The second kappa shape index (κ2) is 7.25. The molecule has 1 aliphatic heterocycles. The second-order valence-corrected chi connectivity index (χ2v) is 6.74. The van der Waals surface area contributed by atoms with Gasteiger partial charge in [-0.25, -0.2) is 19.3 Å². The highest BCUT2D eigenvalue weighted by atomic mass is 16.5. The van der Waals surface area contributed by atoms with Crippen LogP contribution in [0, 0.1) is 0 Å². The van der Waals surface area contributed by atoms with Crippen molar-refractivity contribution in [1.29, 1.82) is 0 Å². The van der Waals surface area contributed by atoms with Crippen LogP contribution in [0.2, 0.25) is 0 Å². The second-order valence-electron chi connectivity index (χ2n) is 6.74. The van der Waals surface area contributed by atoms with Crippen LogP contribution in [0.1, 0.15) is 37.1 Å². The van der Waals surface area contributed by atoms with Crippen molar-refractivity contribution in [3.8, 4) is 5.75 Å². The summed E-state index contributed by atoms with van der Waals surface area (Å²) in [6.45, 7) is 7.89. The summed E-state index contributed by atoms with van der Waals surface area (Å²) in [6.07, 6.45) is 3.20. The zero-order chi connectivity index (χ0) is 17.9. The third kappa shape index (κ3) is 3.60. The predicted molar refractivity (Wildman–Crippen MR) is 95.6 cm³/mol. The number of fused-ring (bicyclic) bond motifs is 1. The molecule has 8 heteroatoms. The topological polar surface area (TPSA) is 73.9 Å². The monoisotopic (exact) mass is 353 g/mol. The fourth-order valence-corrected chi connectivity index (χ4v) is 3.17. The summed E-state index contributed by atoms with van der Waals surface area (Å²) in [5.74, 6) is 2.70. The first-order valence-corrected chi connectivity index (χ1v) is 8.89. The molecule has 8 nitrogen and oxygen atoms in total. The van der Waals surface area contributed by atoms with Crippen LogP contribution in [-0.2, 0) is 19.6 Å². The van der Waals surface area contributed by atoms with Gasteiger partial charge in [-0.3, -0.25) is 4.90 Å².